The minimum Gasteiger partial charge on any atom is -0.352 e. The number of nitrogens with one attached hydrogen (secondary N) is 1. The Morgan fingerprint density at radius 2 is 1.78 bits per heavy atom. The van der Waals surface area contributed by atoms with Crippen LogP contribution in [0.3, 0.4) is 0 Å². The maximum Gasteiger partial charge on any atom is 0.123 e. The molecular formula is C15H19FN2. The van der Waals surface area contributed by atoms with Crippen molar-refractivity contribution in [2.45, 2.75) is 26.9 Å². The van der Waals surface area contributed by atoms with Gasteiger partial charge in [0.25, 0.3) is 0 Å². The first-order valence-corrected chi connectivity index (χ1v) is 6.15. The highest BCUT2D eigenvalue weighted by Gasteiger charge is 2.05. The van der Waals surface area contributed by atoms with Gasteiger partial charge in [-0.25, -0.2) is 4.39 Å². The molecule has 2 nitrogen and oxygen atoms in total. The predicted molar refractivity (Wildman–Crippen MR) is 71.8 cm³/mol. The maximum absolute atomic E-state index is 12.8. The van der Waals surface area contributed by atoms with Crippen molar-refractivity contribution in [2.24, 2.45) is 7.05 Å². The summed E-state index contributed by atoms with van der Waals surface area (Å²) in [5, 5.41) is 3.38. The van der Waals surface area contributed by atoms with E-state index in [4.69, 9.17) is 0 Å². The molecule has 0 atom stereocenters. The third-order valence-corrected chi connectivity index (χ3v) is 3.44. The Hall–Kier alpha value is -1.61. The van der Waals surface area contributed by atoms with Crippen LogP contribution in [0.5, 0.6) is 0 Å². The molecule has 1 heterocycles. The SMILES string of the molecule is Cc1cc(CNCc2ccc(F)cc2)c(C)n1C. The Morgan fingerprint density at radius 1 is 1.11 bits per heavy atom. The summed E-state index contributed by atoms with van der Waals surface area (Å²) < 4.78 is 14.9. The molecule has 0 saturated heterocycles. The van der Waals surface area contributed by atoms with Gasteiger partial charge in [-0.2, -0.15) is 0 Å². The molecule has 0 saturated carbocycles. The molecule has 0 unspecified atom stereocenters. The summed E-state index contributed by atoms with van der Waals surface area (Å²) in [5.41, 5.74) is 4.98. The molecule has 0 aliphatic carbocycles. The van der Waals surface area contributed by atoms with Gasteiger partial charge < -0.3 is 9.88 Å². The van der Waals surface area contributed by atoms with E-state index in [0.717, 1.165) is 18.7 Å². The van der Waals surface area contributed by atoms with Crippen LogP contribution in [0.2, 0.25) is 0 Å². The van der Waals surface area contributed by atoms with E-state index < -0.39 is 0 Å². The third-order valence-electron chi connectivity index (χ3n) is 3.44. The normalized spacial score (nSPS) is 10.9. The average Bonchev–Trinajstić information content (AvgIpc) is 2.60. The summed E-state index contributed by atoms with van der Waals surface area (Å²) in [5.74, 6) is -0.187. The monoisotopic (exact) mass is 246 g/mol. The Balaban J connectivity index is 1.92. The second kappa shape index (κ2) is 5.36. The van der Waals surface area contributed by atoms with Crippen molar-refractivity contribution in [1.82, 2.24) is 9.88 Å². The van der Waals surface area contributed by atoms with E-state index in [1.807, 2.05) is 12.1 Å². The summed E-state index contributed by atoms with van der Waals surface area (Å²) >= 11 is 0. The molecule has 0 radical (unpaired) electrons. The molecule has 0 aliphatic heterocycles. The smallest absolute Gasteiger partial charge is 0.123 e. The van der Waals surface area contributed by atoms with Crippen molar-refractivity contribution in [3.63, 3.8) is 0 Å². The molecule has 1 N–H and O–H groups in total. The fourth-order valence-corrected chi connectivity index (χ4v) is 2.06. The first-order valence-electron chi connectivity index (χ1n) is 6.15. The third kappa shape index (κ3) is 2.79. The van der Waals surface area contributed by atoms with Crippen molar-refractivity contribution in [3.05, 3.63) is 58.7 Å². The number of benzene rings is 1. The zero-order chi connectivity index (χ0) is 13.1. The number of hydrogen-bond acceptors (Lipinski definition) is 1. The van der Waals surface area contributed by atoms with Gasteiger partial charge in [0, 0.05) is 31.5 Å². The van der Waals surface area contributed by atoms with Gasteiger partial charge in [0.2, 0.25) is 0 Å². The van der Waals surface area contributed by atoms with Crippen LogP contribution >= 0.6 is 0 Å². The Labute approximate surface area is 107 Å². The molecule has 0 aliphatic rings. The lowest BCUT2D eigenvalue weighted by atomic mass is 10.2. The van der Waals surface area contributed by atoms with Gasteiger partial charge in [-0.15, -0.1) is 0 Å². The maximum atomic E-state index is 12.8. The zero-order valence-electron chi connectivity index (χ0n) is 11.1. The van der Waals surface area contributed by atoms with Crippen LogP contribution in [0.15, 0.2) is 30.3 Å². The van der Waals surface area contributed by atoms with Gasteiger partial charge in [0.05, 0.1) is 0 Å². The molecule has 1 aromatic heterocycles. The van der Waals surface area contributed by atoms with Crippen LogP contribution in [-0.2, 0) is 20.1 Å². The quantitative estimate of drug-likeness (QED) is 0.877. The number of hydrogen-bond donors (Lipinski definition) is 1. The second-order valence-electron chi connectivity index (χ2n) is 4.69. The summed E-state index contributed by atoms with van der Waals surface area (Å²) in [6.45, 7) is 5.83. The number of aromatic nitrogens is 1. The largest absolute Gasteiger partial charge is 0.352 e. The Kier molecular flexibility index (Phi) is 3.82. The molecule has 18 heavy (non-hydrogen) atoms. The fraction of sp³-hybridized carbons (Fsp3) is 0.333. The lowest BCUT2D eigenvalue weighted by molar-refractivity contribution is 0.624. The van der Waals surface area contributed by atoms with Crippen molar-refractivity contribution in [2.75, 3.05) is 0 Å². The van der Waals surface area contributed by atoms with Gasteiger partial charge in [0.15, 0.2) is 0 Å². The standard InChI is InChI=1S/C15H19FN2/c1-11-8-14(12(2)18(11)3)10-17-9-13-4-6-15(16)7-5-13/h4-8,17H,9-10H2,1-3H3. The molecule has 96 valence electrons. The first-order chi connectivity index (χ1) is 8.58. The van der Waals surface area contributed by atoms with Crippen LogP contribution < -0.4 is 5.32 Å². The number of halogens is 1. The summed E-state index contributed by atoms with van der Waals surface area (Å²) in [7, 11) is 2.08. The molecule has 1 aromatic carbocycles. The van der Waals surface area contributed by atoms with Crippen LogP contribution in [0.4, 0.5) is 4.39 Å². The van der Waals surface area contributed by atoms with Crippen molar-refractivity contribution in [3.8, 4) is 0 Å². The van der Waals surface area contributed by atoms with Crippen LogP contribution in [0.1, 0.15) is 22.5 Å². The van der Waals surface area contributed by atoms with Crippen LogP contribution in [0.25, 0.3) is 0 Å². The molecule has 3 heteroatoms. The Morgan fingerprint density at radius 3 is 2.33 bits per heavy atom. The van der Waals surface area contributed by atoms with Crippen molar-refractivity contribution < 1.29 is 4.39 Å². The second-order valence-corrected chi connectivity index (χ2v) is 4.69. The zero-order valence-corrected chi connectivity index (χ0v) is 11.1. The number of nitrogens with zero attached hydrogens (tertiary/aromatic N) is 1. The first kappa shape index (κ1) is 12.8. The molecule has 0 bridgehead atoms. The van der Waals surface area contributed by atoms with E-state index in [0.29, 0.717) is 0 Å². The topological polar surface area (TPSA) is 17.0 Å². The lowest BCUT2D eigenvalue weighted by Crippen LogP contribution is -2.13. The summed E-state index contributed by atoms with van der Waals surface area (Å²) in [6.07, 6.45) is 0. The fourth-order valence-electron chi connectivity index (χ4n) is 2.06. The average molecular weight is 246 g/mol. The van der Waals surface area contributed by atoms with Crippen molar-refractivity contribution in [1.29, 1.82) is 0 Å². The van der Waals surface area contributed by atoms with Gasteiger partial charge in [0.1, 0.15) is 5.82 Å². The van der Waals surface area contributed by atoms with Gasteiger partial charge in [-0.3, -0.25) is 0 Å². The molecule has 2 aromatic rings. The van der Waals surface area contributed by atoms with Crippen LogP contribution in [-0.4, -0.2) is 4.57 Å². The van der Waals surface area contributed by atoms with E-state index in [9.17, 15) is 4.39 Å². The van der Waals surface area contributed by atoms with E-state index in [2.05, 4.69) is 36.8 Å². The predicted octanol–water partition coefficient (Wildman–Crippen LogP) is 3.07. The summed E-state index contributed by atoms with van der Waals surface area (Å²) in [4.78, 5) is 0. The number of aryl methyl sites for hydroxylation is 1. The molecule has 0 amide bonds. The highest BCUT2D eigenvalue weighted by molar-refractivity contribution is 5.26. The van der Waals surface area contributed by atoms with Gasteiger partial charge >= 0.3 is 0 Å². The van der Waals surface area contributed by atoms with E-state index in [1.165, 1.54) is 29.1 Å². The molecule has 2 rings (SSSR count). The minimum atomic E-state index is -0.187. The summed E-state index contributed by atoms with van der Waals surface area (Å²) in [6, 6.07) is 8.81. The lowest BCUT2D eigenvalue weighted by Gasteiger charge is -2.05. The van der Waals surface area contributed by atoms with E-state index >= 15 is 0 Å². The molecule has 0 fully saturated rings. The van der Waals surface area contributed by atoms with Crippen molar-refractivity contribution >= 4 is 0 Å². The van der Waals surface area contributed by atoms with Gasteiger partial charge in [-0.05, 0) is 43.2 Å². The Bertz CT molecular complexity index is 526. The van der Waals surface area contributed by atoms with Crippen LogP contribution in [0, 0.1) is 19.7 Å². The molecule has 0 spiro atoms. The highest BCUT2D eigenvalue weighted by Crippen LogP contribution is 2.13. The highest BCUT2D eigenvalue weighted by atomic mass is 19.1. The van der Waals surface area contributed by atoms with E-state index in [1.54, 1.807) is 0 Å². The van der Waals surface area contributed by atoms with Gasteiger partial charge in [-0.1, -0.05) is 12.1 Å². The minimum absolute atomic E-state index is 0.187. The number of rotatable bonds is 4. The van der Waals surface area contributed by atoms with E-state index in [-0.39, 0.29) is 5.82 Å². The molecular weight excluding hydrogens is 227 g/mol.